The maximum absolute atomic E-state index is 12.5. The van der Waals surface area contributed by atoms with Gasteiger partial charge in [-0.25, -0.2) is 0 Å². The van der Waals surface area contributed by atoms with Gasteiger partial charge in [-0.05, 0) is 37.0 Å². The van der Waals surface area contributed by atoms with Gasteiger partial charge in [-0.1, -0.05) is 23.2 Å². The molecule has 3 fully saturated rings. The fraction of sp³-hybridized carbons (Fsp3) is 0.467. The summed E-state index contributed by atoms with van der Waals surface area (Å²) in [6, 6.07) is 4.96. The SMILES string of the molecule is O=C(Nc1ccc(Cl)c(Cl)c1)[C@@H]1[C@@H]2C[C@@H]3[C@H]1C(=O)O[C@@H]3C2. The van der Waals surface area contributed by atoms with Crippen LogP contribution >= 0.6 is 23.2 Å². The van der Waals surface area contributed by atoms with Gasteiger partial charge < -0.3 is 10.1 Å². The third kappa shape index (κ3) is 1.96. The van der Waals surface area contributed by atoms with Gasteiger partial charge in [0.2, 0.25) is 5.91 Å². The first-order valence-electron chi connectivity index (χ1n) is 7.01. The van der Waals surface area contributed by atoms with Crippen molar-refractivity contribution in [3.05, 3.63) is 28.2 Å². The largest absolute Gasteiger partial charge is 0.462 e. The Kier molecular flexibility index (Phi) is 2.95. The number of fused-ring (bicyclic) bond motifs is 1. The fourth-order valence-electron chi connectivity index (χ4n) is 4.16. The molecule has 3 aliphatic rings. The summed E-state index contributed by atoms with van der Waals surface area (Å²) in [6.45, 7) is 0. The highest BCUT2D eigenvalue weighted by Crippen LogP contribution is 2.57. The average Bonchev–Trinajstić information content (AvgIpc) is 3.04. The van der Waals surface area contributed by atoms with Crippen molar-refractivity contribution in [2.75, 3.05) is 5.32 Å². The number of anilines is 1. The van der Waals surface area contributed by atoms with Gasteiger partial charge in [0.15, 0.2) is 0 Å². The Hall–Kier alpha value is -1.26. The molecule has 4 nitrogen and oxygen atoms in total. The molecule has 1 N–H and O–H groups in total. The summed E-state index contributed by atoms with van der Waals surface area (Å²) in [5.74, 6) is -0.402. The normalized spacial score (nSPS) is 35.9. The van der Waals surface area contributed by atoms with Crippen LogP contribution in [0.5, 0.6) is 0 Å². The van der Waals surface area contributed by atoms with Crippen LogP contribution < -0.4 is 5.32 Å². The molecule has 1 amide bonds. The number of amides is 1. The van der Waals surface area contributed by atoms with E-state index in [4.69, 9.17) is 27.9 Å². The number of esters is 1. The van der Waals surface area contributed by atoms with Crippen LogP contribution in [-0.4, -0.2) is 18.0 Å². The lowest BCUT2D eigenvalue weighted by atomic mass is 9.79. The van der Waals surface area contributed by atoms with Gasteiger partial charge in [-0.15, -0.1) is 0 Å². The summed E-state index contributed by atoms with van der Waals surface area (Å²) in [4.78, 5) is 24.5. The standard InChI is InChI=1S/C15H13Cl2NO3/c16-9-2-1-7(5-10(9)17)18-14(19)12-6-3-8-11(4-6)21-15(20)13(8)12/h1-2,5-6,8,11-13H,3-4H2,(H,18,19)/t6-,8+,11-,12-,13-/m1/s1. The summed E-state index contributed by atoms with van der Waals surface area (Å²) in [7, 11) is 0. The summed E-state index contributed by atoms with van der Waals surface area (Å²) < 4.78 is 5.35. The highest BCUT2D eigenvalue weighted by molar-refractivity contribution is 6.42. The second kappa shape index (κ2) is 4.62. The third-order valence-electron chi connectivity index (χ3n) is 4.97. The molecule has 5 atom stereocenters. The molecule has 2 bridgehead atoms. The topological polar surface area (TPSA) is 55.4 Å². The van der Waals surface area contributed by atoms with E-state index in [2.05, 4.69) is 5.32 Å². The van der Waals surface area contributed by atoms with E-state index in [0.717, 1.165) is 12.8 Å². The van der Waals surface area contributed by atoms with Crippen molar-refractivity contribution in [1.82, 2.24) is 0 Å². The van der Waals surface area contributed by atoms with Crippen molar-refractivity contribution in [3.63, 3.8) is 0 Å². The molecular weight excluding hydrogens is 313 g/mol. The van der Waals surface area contributed by atoms with Crippen molar-refractivity contribution in [2.45, 2.75) is 18.9 Å². The first-order valence-corrected chi connectivity index (χ1v) is 7.76. The van der Waals surface area contributed by atoms with Gasteiger partial charge in [-0.2, -0.15) is 0 Å². The number of carbonyl (C=O) groups excluding carboxylic acids is 2. The number of carbonyl (C=O) groups is 2. The van der Waals surface area contributed by atoms with Gasteiger partial charge >= 0.3 is 5.97 Å². The molecule has 1 aromatic carbocycles. The van der Waals surface area contributed by atoms with Crippen LogP contribution in [0.4, 0.5) is 5.69 Å². The van der Waals surface area contributed by atoms with Crippen LogP contribution in [0.25, 0.3) is 0 Å². The highest BCUT2D eigenvalue weighted by atomic mass is 35.5. The van der Waals surface area contributed by atoms with E-state index in [1.165, 1.54) is 0 Å². The molecule has 0 unspecified atom stereocenters. The summed E-state index contributed by atoms with van der Waals surface area (Å²) in [5.41, 5.74) is 0.597. The minimum atomic E-state index is -0.282. The van der Waals surface area contributed by atoms with Crippen molar-refractivity contribution < 1.29 is 14.3 Å². The number of rotatable bonds is 2. The van der Waals surface area contributed by atoms with Gasteiger partial charge in [-0.3, -0.25) is 9.59 Å². The Bertz CT molecular complexity index is 646. The van der Waals surface area contributed by atoms with Crippen LogP contribution in [0.1, 0.15) is 12.8 Å². The Labute approximate surface area is 131 Å². The van der Waals surface area contributed by atoms with E-state index in [9.17, 15) is 9.59 Å². The predicted octanol–water partition coefficient (Wildman–Crippen LogP) is 3.13. The zero-order valence-electron chi connectivity index (χ0n) is 11.0. The van der Waals surface area contributed by atoms with Crippen molar-refractivity contribution in [2.24, 2.45) is 23.7 Å². The maximum Gasteiger partial charge on any atom is 0.310 e. The first-order chi connectivity index (χ1) is 10.0. The smallest absolute Gasteiger partial charge is 0.310 e. The van der Waals surface area contributed by atoms with Crippen LogP contribution in [0.15, 0.2) is 18.2 Å². The number of hydrogen-bond donors (Lipinski definition) is 1. The first kappa shape index (κ1) is 13.4. The molecule has 2 aliphatic carbocycles. The predicted molar refractivity (Wildman–Crippen MR) is 78.2 cm³/mol. The van der Waals surface area contributed by atoms with Gasteiger partial charge in [0.05, 0.1) is 21.9 Å². The molecule has 4 rings (SSSR count). The van der Waals surface area contributed by atoms with Crippen LogP contribution in [-0.2, 0) is 14.3 Å². The Morgan fingerprint density at radius 1 is 1.24 bits per heavy atom. The molecule has 0 aromatic heterocycles. The second-order valence-electron chi connectivity index (χ2n) is 6.04. The molecule has 1 aliphatic heterocycles. The lowest BCUT2D eigenvalue weighted by Gasteiger charge is -2.23. The molecular formula is C15H13Cl2NO3. The molecule has 2 saturated carbocycles. The quantitative estimate of drug-likeness (QED) is 0.850. The van der Waals surface area contributed by atoms with Crippen molar-refractivity contribution >= 4 is 40.8 Å². The lowest BCUT2D eigenvalue weighted by molar-refractivity contribution is -0.145. The number of ether oxygens (including phenoxy) is 1. The number of halogens is 2. The molecule has 0 radical (unpaired) electrons. The molecule has 21 heavy (non-hydrogen) atoms. The zero-order chi connectivity index (χ0) is 14.7. The Balaban J connectivity index is 1.55. The van der Waals surface area contributed by atoms with Crippen molar-refractivity contribution in [1.29, 1.82) is 0 Å². The minimum Gasteiger partial charge on any atom is -0.462 e. The van der Waals surface area contributed by atoms with E-state index in [1.54, 1.807) is 18.2 Å². The molecule has 6 heteroatoms. The number of hydrogen-bond acceptors (Lipinski definition) is 3. The fourth-order valence-corrected chi connectivity index (χ4v) is 4.46. The lowest BCUT2D eigenvalue weighted by Crippen LogP contribution is -2.35. The summed E-state index contributed by atoms with van der Waals surface area (Å²) in [6.07, 6.45) is 1.77. The van der Waals surface area contributed by atoms with Gasteiger partial charge in [0.1, 0.15) is 6.10 Å². The third-order valence-corrected chi connectivity index (χ3v) is 5.71. The second-order valence-corrected chi connectivity index (χ2v) is 6.85. The van der Waals surface area contributed by atoms with Gasteiger partial charge in [0, 0.05) is 11.6 Å². The molecule has 1 saturated heterocycles. The number of benzene rings is 1. The Morgan fingerprint density at radius 2 is 2.05 bits per heavy atom. The molecule has 110 valence electrons. The Morgan fingerprint density at radius 3 is 2.81 bits per heavy atom. The van der Waals surface area contributed by atoms with Gasteiger partial charge in [0.25, 0.3) is 0 Å². The van der Waals surface area contributed by atoms with Crippen LogP contribution in [0.2, 0.25) is 10.0 Å². The molecule has 0 spiro atoms. The zero-order valence-corrected chi connectivity index (χ0v) is 12.5. The monoisotopic (exact) mass is 325 g/mol. The summed E-state index contributed by atoms with van der Waals surface area (Å²) in [5, 5.41) is 3.68. The van der Waals surface area contributed by atoms with E-state index < -0.39 is 0 Å². The van der Waals surface area contributed by atoms with E-state index in [1.807, 2.05) is 0 Å². The van der Waals surface area contributed by atoms with E-state index in [0.29, 0.717) is 15.7 Å². The van der Waals surface area contributed by atoms with Crippen LogP contribution in [0.3, 0.4) is 0 Å². The summed E-state index contributed by atoms with van der Waals surface area (Å²) >= 11 is 11.8. The maximum atomic E-state index is 12.5. The van der Waals surface area contributed by atoms with E-state index in [-0.39, 0.29) is 41.7 Å². The molecule has 1 aromatic rings. The molecule has 1 heterocycles. The van der Waals surface area contributed by atoms with Crippen molar-refractivity contribution in [3.8, 4) is 0 Å². The van der Waals surface area contributed by atoms with Crippen LogP contribution in [0, 0.1) is 23.7 Å². The minimum absolute atomic E-state index is 0.0431. The average molecular weight is 326 g/mol. The number of nitrogens with one attached hydrogen (secondary N) is 1. The van der Waals surface area contributed by atoms with E-state index >= 15 is 0 Å². The highest BCUT2D eigenvalue weighted by Gasteiger charge is 2.63.